The smallest absolute Gasteiger partial charge is 0.187 e. The Morgan fingerprint density at radius 1 is 1.07 bits per heavy atom. The van der Waals surface area contributed by atoms with Crippen LogP contribution in [0.3, 0.4) is 0 Å². The van der Waals surface area contributed by atoms with Crippen LogP contribution in [0, 0.1) is 17.8 Å². The van der Waals surface area contributed by atoms with Crippen molar-refractivity contribution in [3.05, 3.63) is 36.3 Å². The second-order valence-electron chi connectivity index (χ2n) is 7.34. The van der Waals surface area contributed by atoms with Crippen LogP contribution in [-0.4, -0.2) is 32.6 Å². The summed E-state index contributed by atoms with van der Waals surface area (Å²) in [5.74, 6) is 8.63. The number of rotatable bonds is 2. The second-order valence-corrected chi connectivity index (χ2v) is 7.34. The number of hydrogen-bond donors (Lipinski definition) is 2. The number of fused-ring (bicyclic) bond motifs is 1. The molecule has 0 aromatic carbocycles. The summed E-state index contributed by atoms with van der Waals surface area (Å²) in [5.41, 5.74) is 9.51. The summed E-state index contributed by atoms with van der Waals surface area (Å²) in [6, 6.07) is 8.27. The number of pyridine rings is 2. The first-order chi connectivity index (χ1) is 13.3. The molecule has 3 aromatic rings. The Balaban J connectivity index is 1.57. The first kappa shape index (κ1) is 16.3. The molecule has 136 valence electrons. The maximum absolute atomic E-state index is 5.83. The molecule has 0 radical (unpaired) electrons. The number of nitrogens with one attached hydrogen (secondary N) is 1. The van der Waals surface area contributed by atoms with Crippen LogP contribution in [0.1, 0.15) is 37.5 Å². The number of imidazole rings is 1. The Hall–Kier alpha value is -2.91. The molecule has 4 heterocycles. The monoisotopic (exact) mass is 358 g/mol. The van der Waals surface area contributed by atoms with Crippen molar-refractivity contribution in [2.45, 2.75) is 31.7 Å². The number of aromatic nitrogens is 4. The SMILES string of the molecule is Nc1cc(-c2ccc3nc(C#CC4CCNCC4)n(C4CC4)c3n2)ccn1. The summed E-state index contributed by atoms with van der Waals surface area (Å²) >= 11 is 0. The van der Waals surface area contributed by atoms with Gasteiger partial charge in [0.1, 0.15) is 11.3 Å². The number of anilines is 1. The van der Waals surface area contributed by atoms with E-state index in [1.807, 2.05) is 24.3 Å². The molecule has 6 heteroatoms. The number of nitrogen functional groups attached to an aromatic ring is 1. The van der Waals surface area contributed by atoms with Crippen molar-refractivity contribution in [1.82, 2.24) is 24.8 Å². The highest BCUT2D eigenvalue weighted by Crippen LogP contribution is 2.38. The maximum Gasteiger partial charge on any atom is 0.187 e. The van der Waals surface area contributed by atoms with E-state index in [4.69, 9.17) is 15.7 Å². The third-order valence-corrected chi connectivity index (χ3v) is 5.25. The van der Waals surface area contributed by atoms with Crippen molar-refractivity contribution in [3.8, 4) is 23.1 Å². The Labute approximate surface area is 158 Å². The molecule has 2 aliphatic rings. The van der Waals surface area contributed by atoms with E-state index in [0.717, 1.165) is 54.2 Å². The molecule has 1 saturated heterocycles. The Kier molecular flexibility index (Phi) is 4.02. The Bertz CT molecular complexity index is 1050. The lowest BCUT2D eigenvalue weighted by Gasteiger charge is -2.17. The predicted molar refractivity (Wildman–Crippen MR) is 106 cm³/mol. The summed E-state index contributed by atoms with van der Waals surface area (Å²) in [6.45, 7) is 2.11. The van der Waals surface area contributed by atoms with E-state index in [-0.39, 0.29) is 0 Å². The lowest BCUT2D eigenvalue weighted by molar-refractivity contribution is 0.447. The summed E-state index contributed by atoms with van der Waals surface area (Å²) in [6.07, 6.45) is 6.28. The molecule has 1 aliphatic heterocycles. The average molecular weight is 358 g/mol. The fourth-order valence-electron chi connectivity index (χ4n) is 3.64. The van der Waals surface area contributed by atoms with Gasteiger partial charge in [-0.3, -0.25) is 4.57 Å². The molecule has 1 aliphatic carbocycles. The van der Waals surface area contributed by atoms with Gasteiger partial charge in [-0.05, 0) is 69.0 Å². The van der Waals surface area contributed by atoms with Crippen LogP contribution in [0.2, 0.25) is 0 Å². The van der Waals surface area contributed by atoms with Crippen molar-refractivity contribution in [1.29, 1.82) is 0 Å². The van der Waals surface area contributed by atoms with Crippen molar-refractivity contribution in [2.75, 3.05) is 18.8 Å². The fraction of sp³-hybridized carbons (Fsp3) is 0.381. The van der Waals surface area contributed by atoms with Gasteiger partial charge in [0.25, 0.3) is 0 Å². The molecule has 3 N–H and O–H groups in total. The van der Waals surface area contributed by atoms with E-state index >= 15 is 0 Å². The Morgan fingerprint density at radius 2 is 1.93 bits per heavy atom. The van der Waals surface area contributed by atoms with Crippen LogP contribution in [0.5, 0.6) is 0 Å². The van der Waals surface area contributed by atoms with Gasteiger partial charge in [0.05, 0.1) is 5.69 Å². The number of nitrogens with two attached hydrogens (primary N) is 1. The van der Waals surface area contributed by atoms with E-state index in [1.165, 1.54) is 12.8 Å². The van der Waals surface area contributed by atoms with Gasteiger partial charge in [0.15, 0.2) is 11.5 Å². The van der Waals surface area contributed by atoms with Crippen LogP contribution in [0.4, 0.5) is 5.82 Å². The zero-order valence-electron chi connectivity index (χ0n) is 15.2. The molecule has 1 saturated carbocycles. The van der Waals surface area contributed by atoms with Crippen molar-refractivity contribution >= 4 is 17.0 Å². The standard InChI is InChI=1S/C21H22N6/c22-19-13-15(9-12-24-19)17-4-5-18-21(26-17)27(16-2-3-16)20(25-18)6-1-14-7-10-23-11-8-14/h4-5,9,12-14,16,23H,2-3,7-8,10-11H2,(H2,22,24). The maximum atomic E-state index is 5.83. The van der Waals surface area contributed by atoms with Crippen LogP contribution in [0.25, 0.3) is 22.4 Å². The number of piperidine rings is 1. The highest BCUT2D eigenvalue weighted by Gasteiger charge is 2.28. The predicted octanol–water partition coefficient (Wildman–Crippen LogP) is 2.76. The summed E-state index contributed by atoms with van der Waals surface area (Å²) < 4.78 is 2.23. The molecular weight excluding hydrogens is 336 g/mol. The normalized spacial score (nSPS) is 17.6. The molecule has 0 bridgehead atoms. The molecular formula is C21H22N6. The van der Waals surface area contributed by atoms with Gasteiger partial charge in [-0.15, -0.1) is 0 Å². The molecule has 6 nitrogen and oxygen atoms in total. The van der Waals surface area contributed by atoms with E-state index in [9.17, 15) is 0 Å². The van der Waals surface area contributed by atoms with Gasteiger partial charge in [-0.2, -0.15) is 0 Å². The quantitative estimate of drug-likeness (QED) is 0.689. The van der Waals surface area contributed by atoms with E-state index in [0.29, 0.717) is 17.8 Å². The van der Waals surface area contributed by atoms with Crippen LogP contribution < -0.4 is 11.1 Å². The zero-order valence-corrected chi connectivity index (χ0v) is 15.2. The molecule has 0 amide bonds. The minimum Gasteiger partial charge on any atom is -0.384 e. The molecule has 27 heavy (non-hydrogen) atoms. The number of hydrogen-bond acceptors (Lipinski definition) is 5. The minimum atomic E-state index is 0.460. The lowest BCUT2D eigenvalue weighted by atomic mass is 9.99. The summed E-state index contributed by atoms with van der Waals surface area (Å²) in [5, 5.41) is 3.39. The van der Waals surface area contributed by atoms with Crippen molar-refractivity contribution in [2.24, 2.45) is 5.92 Å². The largest absolute Gasteiger partial charge is 0.384 e. The highest BCUT2D eigenvalue weighted by atomic mass is 15.2. The van der Waals surface area contributed by atoms with Gasteiger partial charge in [0, 0.05) is 23.7 Å². The molecule has 2 fully saturated rings. The van der Waals surface area contributed by atoms with Crippen molar-refractivity contribution < 1.29 is 0 Å². The molecule has 5 rings (SSSR count). The first-order valence-electron chi connectivity index (χ1n) is 9.61. The Morgan fingerprint density at radius 3 is 2.70 bits per heavy atom. The van der Waals surface area contributed by atoms with Crippen molar-refractivity contribution in [3.63, 3.8) is 0 Å². The highest BCUT2D eigenvalue weighted by molar-refractivity contribution is 5.77. The fourth-order valence-corrected chi connectivity index (χ4v) is 3.64. The van der Waals surface area contributed by atoms with Crippen LogP contribution in [0.15, 0.2) is 30.5 Å². The van der Waals surface area contributed by atoms with Gasteiger partial charge in [-0.25, -0.2) is 15.0 Å². The zero-order chi connectivity index (χ0) is 18.2. The van der Waals surface area contributed by atoms with E-state index in [1.54, 1.807) is 6.20 Å². The van der Waals surface area contributed by atoms with Gasteiger partial charge in [-0.1, -0.05) is 5.92 Å². The summed E-state index contributed by atoms with van der Waals surface area (Å²) in [4.78, 5) is 13.8. The van der Waals surface area contributed by atoms with Crippen LogP contribution >= 0.6 is 0 Å². The third-order valence-electron chi connectivity index (χ3n) is 5.25. The average Bonchev–Trinajstić information content (AvgIpc) is 3.47. The molecule has 0 unspecified atom stereocenters. The van der Waals surface area contributed by atoms with Gasteiger partial charge >= 0.3 is 0 Å². The molecule has 0 spiro atoms. The molecule has 0 atom stereocenters. The minimum absolute atomic E-state index is 0.460. The van der Waals surface area contributed by atoms with Gasteiger partial charge in [0.2, 0.25) is 0 Å². The number of nitrogens with zero attached hydrogens (tertiary/aromatic N) is 4. The second kappa shape index (κ2) is 6.67. The van der Waals surface area contributed by atoms with E-state index < -0.39 is 0 Å². The summed E-state index contributed by atoms with van der Waals surface area (Å²) in [7, 11) is 0. The van der Waals surface area contributed by atoms with Crippen LogP contribution in [-0.2, 0) is 0 Å². The first-order valence-corrected chi connectivity index (χ1v) is 9.61. The third kappa shape index (κ3) is 3.26. The molecule has 3 aromatic heterocycles. The lowest BCUT2D eigenvalue weighted by Crippen LogP contribution is -2.26. The topological polar surface area (TPSA) is 81.6 Å². The van der Waals surface area contributed by atoms with Gasteiger partial charge < -0.3 is 11.1 Å². The van der Waals surface area contributed by atoms with E-state index in [2.05, 4.69) is 26.7 Å².